The number of benzene rings is 3. The molecule has 246 valence electrons. The van der Waals surface area contributed by atoms with Gasteiger partial charge in [-0.05, 0) is 99.0 Å². The summed E-state index contributed by atoms with van der Waals surface area (Å²) in [4.78, 5) is 25.2. The lowest BCUT2D eigenvalue weighted by Crippen LogP contribution is -2.41. The van der Waals surface area contributed by atoms with Gasteiger partial charge in [0.2, 0.25) is 5.91 Å². The molecule has 0 radical (unpaired) electrons. The van der Waals surface area contributed by atoms with Gasteiger partial charge in [0.15, 0.2) is 0 Å². The molecule has 0 saturated carbocycles. The monoisotopic (exact) mass is 647 g/mol. The Bertz CT molecular complexity index is 1760. The summed E-state index contributed by atoms with van der Waals surface area (Å²) in [5.41, 5.74) is 5.21. The first kappa shape index (κ1) is 33.7. The number of imidazole rings is 1. The second kappa shape index (κ2) is 14.9. The number of aromatic nitrogens is 2. The van der Waals surface area contributed by atoms with E-state index in [-0.39, 0.29) is 41.8 Å². The average molecular weight is 648 g/mol. The highest BCUT2D eigenvalue weighted by molar-refractivity contribution is 5.80. The number of fused-ring (bicyclic) bond motifs is 1. The third-order valence-electron chi connectivity index (χ3n) is 8.44. The zero-order valence-electron chi connectivity index (χ0n) is 26.5. The normalized spacial score (nSPS) is 18.1. The van der Waals surface area contributed by atoms with E-state index in [1.165, 1.54) is 48.5 Å². The molecule has 1 aliphatic heterocycles. The van der Waals surface area contributed by atoms with Crippen molar-refractivity contribution < 1.29 is 27.1 Å². The summed E-state index contributed by atoms with van der Waals surface area (Å²) < 4.78 is 63.0. The molecule has 4 aromatic rings. The maximum atomic E-state index is 14.9. The zero-order valence-corrected chi connectivity index (χ0v) is 26.5. The second-order valence-corrected chi connectivity index (χ2v) is 11.8. The van der Waals surface area contributed by atoms with Crippen LogP contribution in [0.4, 0.5) is 17.6 Å². The number of rotatable bonds is 11. The zero-order chi connectivity index (χ0) is 33.7. The molecule has 47 heavy (non-hydrogen) atoms. The Morgan fingerprint density at radius 2 is 1.77 bits per heavy atom. The molecule has 7 nitrogen and oxygen atoms in total. The molecule has 1 aliphatic rings. The van der Waals surface area contributed by atoms with Gasteiger partial charge >= 0.3 is 0 Å². The number of H-pyrrole nitrogens is 1. The summed E-state index contributed by atoms with van der Waals surface area (Å²) in [5, 5.41) is 6.17. The van der Waals surface area contributed by atoms with Crippen molar-refractivity contribution in [2.45, 2.75) is 58.1 Å². The molecule has 1 amide bonds. The molecule has 0 bridgehead atoms. The smallest absolute Gasteiger partial charge is 0.225 e. The molecular formula is C36H37F4N5O2. The van der Waals surface area contributed by atoms with Gasteiger partial charge in [0.05, 0.1) is 41.7 Å². The molecule has 11 heteroatoms. The number of nitrogens with one attached hydrogen (secondary N) is 3. The molecule has 1 saturated heterocycles. The van der Waals surface area contributed by atoms with Gasteiger partial charge in [0.1, 0.15) is 29.1 Å². The highest BCUT2D eigenvalue weighted by Crippen LogP contribution is 2.31. The Hall–Kier alpha value is -4.61. The molecule has 0 spiro atoms. The first-order valence-electron chi connectivity index (χ1n) is 15.4. The number of aliphatic imine (C=N–C) groups is 1. The van der Waals surface area contributed by atoms with Crippen molar-refractivity contribution in [3.8, 4) is 0 Å². The minimum absolute atomic E-state index is 0.114. The van der Waals surface area contributed by atoms with Crippen molar-refractivity contribution in [1.82, 2.24) is 20.6 Å². The molecule has 3 atom stereocenters. The van der Waals surface area contributed by atoms with Gasteiger partial charge in [-0.1, -0.05) is 12.1 Å². The van der Waals surface area contributed by atoms with Crippen LogP contribution in [-0.4, -0.2) is 41.8 Å². The van der Waals surface area contributed by atoms with E-state index in [2.05, 4.69) is 53.3 Å². The number of hydrogen-bond donors (Lipinski definition) is 3. The van der Waals surface area contributed by atoms with E-state index in [0.717, 1.165) is 35.1 Å². The van der Waals surface area contributed by atoms with E-state index >= 15 is 0 Å². The average Bonchev–Trinajstić information content (AvgIpc) is 3.43. The number of carbonyl (C=O) groups is 1. The first-order valence-corrected chi connectivity index (χ1v) is 15.4. The van der Waals surface area contributed by atoms with Crippen LogP contribution in [0.5, 0.6) is 0 Å². The fraction of sp³-hybridized carbons (Fsp3) is 0.306. The minimum Gasteiger partial charge on any atom is -0.375 e. The van der Waals surface area contributed by atoms with Crippen molar-refractivity contribution in [3.63, 3.8) is 0 Å². The standard InChI is InChI=1S/C36H37F4N5O2/c1-20-11-31-32(12-21(20)2)45-36(44-31)34-19-47-28(17-42-34)9-10-29(22(3)37)33(18-41-4)43-35(46)16-30(23-5-7-25(38)8-6-23)24-13-26(39)15-27(40)14-24/h5-8,11-15,18,28,30,34,42H,4,9-10,16-17,19H2,1-3H3,(H,43,46)(H,44,45)/b29-22+,33-18+/t28-,30+,34+/m1/s1. The van der Waals surface area contributed by atoms with Crippen LogP contribution in [0.1, 0.15) is 66.2 Å². The number of morpholine rings is 1. The van der Waals surface area contributed by atoms with Crippen LogP contribution >= 0.6 is 0 Å². The first-order chi connectivity index (χ1) is 22.5. The number of aromatic amines is 1. The summed E-state index contributed by atoms with van der Waals surface area (Å²) in [6, 6.07) is 12.3. The minimum atomic E-state index is -0.813. The summed E-state index contributed by atoms with van der Waals surface area (Å²) in [5.74, 6) is -3.22. The van der Waals surface area contributed by atoms with E-state index in [1.54, 1.807) is 0 Å². The summed E-state index contributed by atoms with van der Waals surface area (Å²) in [6.45, 7) is 9.73. The Kier molecular flexibility index (Phi) is 10.7. The molecule has 1 fully saturated rings. The number of amides is 1. The molecule has 3 aromatic carbocycles. The van der Waals surface area contributed by atoms with E-state index in [0.29, 0.717) is 25.1 Å². The van der Waals surface area contributed by atoms with Gasteiger partial charge in [-0.15, -0.1) is 0 Å². The highest BCUT2D eigenvalue weighted by Gasteiger charge is 2.26. The maximum absolute atomic E-state index is 14.9. The lowest BCUT2D eigenvalue weighted by atomic mass is 9.88. The number of carbonyl (C=O) groups excluding carboxylic acids is 1. The van der Waals surface area contributed by atoms with Crippen molar-refractivity contribution in [2.24, 2.45) is 4.99 Å². The van der Waals surface area contributed by atoms with Crippen molar-refractivity contribution >= 4 is 23.7 Å². The molecule has 0 unspecified atom stereocenters. The topological polar surface area (TPSA) is 91.4 Å². The Morgan fingerprint density at radius 3 is 2.40 bits per heavy atom. The SMILES string of the molecule is C=N/C=C(NC(=O)C[C@@H](c1ccc(F)cc1)c1cc(F)cc(F)c1)\C(CC[C@@H]1CN[C@H](c2nc3cc(C)c(C)cc3[nH]2)CO1)=C(/C)F. The fourth-order valence-electron chi connectivity index (χ4n) is 5.80. The van der Waals surface area contributed by atoms with E-state index in [4.69, 9.17) is 9.72 Å². The maximum Gasteiger partial charge on any atom is 0.225 e. The van der Waals surface area contributed by atoms with Gasteiger partial charge in [0, 0.05) is 30.5 Å². The van der Waals surface area contributed by atoms with Gasteiger partial charge in [-0.3, -0.25) is 9.79 Å². The van der Waals surface area contributed by atoms with Crippen molar-refractivity contribution in [2.75, 3.05) is 13.2 Å². The summed E-state index contributed by atoms with van der Waals surface area (Å²) in [7, 11) is 0. The van der Waals surface area contributed by atoms with E-state index in [1.807, 2.05) is 0 Å². The lowest BCUT2D eigenvalue weighted by Gasteiger charge is -2.29. The second-order valence-electron chi connectivity index (χ2n) is 11.8. The Morgan fingerprint density at radius 1 is 1.06 bits per heavy atom. The van der Waals surface area contributed by atoms with Gasteiger partial charge < -0.3 is 20.4 Å². The number of hydrogen-bond acceptors (Lipinski definition) is 5. The van der Waals surface area contributed by atoms with Crippen LogP contribution in [0.2, 0.25) is 0 Å². The largest absolute Gasteiger partial charge is 0.375 e. The van der Waals surface area contributed by atoms with Crippen molar-refractivity contribution in [3.05, 3.63) is 123 Å². The van der Waals surface area contributed by atoms with Crippen LogP contribution in [0.3, 0.4) is 0 Å². The number of ether oxygens (including phenoxy) is 1. The number of allylic oxidation sites excluding steroid dienone is 2. The van der Waals surface area contributed by atoms with Gasteiger partial charge in [-0.25, -0.2) is 22.5 Å². The van der Waals surface area contributed by atoms with Gasteiger partial charge in [0.25, 0.3) is 0 Å². The summed E-state index contributed by atoms with van der Waals surface area (Å²) in [6.07, 6.45) is 1.43. The van der Waals surface area contributed by atoms with E-state index in [9.17, 15) is 22.4 Å². The molecular weight excluding hydrogens is 610 g/mol. The predicted octanol–water partition coefficient (Wildman–Crippen LogP) is 7.53. The summed E-state index contributed by atoms with van der Waals surface area (Å²) >= 11 is 0. The van der Waals surface area contributed by atoms with Crippen LogP contribution in [0, 0.1) is 31.3 Å². The van der Waals surface area contributed by atoms with Crippen LogP contribution in [0.15, 0.2) is 82.9 Å². The van der Waals surface area contributed by atoms with E-state index < -0.39 is 35.1 Å². The molecule has 3 N–H and O–H groups in total. The lowest BCUT2D eigenvalue weighted by molar-refractivity contribution is -0.120. The van der Waals surface area contributed by atoms with Crippen LogP contribution in [-0.2, 0) is 9.53 Å². The van der Waals surface area contributed by atoms with Crippen LogP contribution < -0.4 is 10.6 Å². The molecule has 5 rings (SSSR count). The number of halogens is 4. The number of nitrogens with zero attached hydrogens (tertiary/aromatic N) is 2. The highest BCUT2D eigenvalue weighted by atomic mass is 19.1. The van der Waals surface area contributed by atoms with Crippen molar-refractivity contribution in [1.29, 1.82) is 0 Å². The fourth-order valence-corrected chi connectivity index (χ4v) is 5.80. The third-order valence-corrected chi connectivity index (χ3v) is 8.44. The Balaban J connectivity index is 1.24. The third kappa shape index (κ3) is 8.41. The Labute approximate surface area is 270 Å². The van der Waals surface area contributed by atoms with Gasteiger partial charge in [-0.2, -0.15) is 0 Å². The number of aryl methyl sites for hydroxylation is 2. The molecule has 0 aliphatic carbocycles. The molecule has 2 heterocycles. The molecule has 1 aromatic heterocycles. The quantitative estimate of drug-likeness (QED) is 0.0892. The predicted molar refractivity (Wildman–Crippen MR) is 174 cm³/mol. The van der Waals surface area contributed by atoms with Crippen LogP contribution in [0.25, 0.3) is 11.0 Å².